The summed E-state index contributed by atoms with van der Waals surface area (Å²) in [6.07, 6.45) is 2.65. The number of aromatic nitrogens is 2. The van der Waals surface area contributed by atoms with Crippen LogP contribution in [-0.2, 0) is 22.9 Å². The Hall–Kier alpha value is -1.18. The highest BCUT2D eigenvalue weighted by Gasteiger charge is 2.19. The first-order valence-electron chi connectivity index (χ1n) is 6.71. The van der Waals surface area contributed by atoms with E-state index in [0.29, 0.717) is 18.7 Å². The van der Waals surface area contributed by atoms with Crippen molar-refractivity contribution in [3.63, 3.8) is 0 Å². The summed E-state index contributed by atoms with van der Waals surface area (Å²) in [5.41, 5.74) is 1.08. The molecule has 1 heterocycles. The number of benzene rings is 1. The Morgan fingerprint density at radius 2 is 2.00 bits per heavy atom. The Kier molecular flexibility index (Phi) is 5.18. The Morgan fingerprint density at radius 3 is 2.57 bits per heavy atom. The molecule has 2 rings (SSSR count). The summed E-state index contributed by atoms with van der Waals surface area (Å²) in [7, 11) is -3.55. The zero-order valence-corrected chi connectivity index (χ0v) is 14.3. The van der Waals surface area contributed by atoms with Gasteiger partial charge in [0.1, 0.15) is 5.82 Å². The van der Waals surface area contributed by atoms with Crippen molar-refractivity contribution in [1.29, 1.82) is 0 Å². The summed E-state index contributed by atoms with van der Waals surface area (Å²) < 4.78 is 28.1. The van der Waals surface area contributed by atoms with Crippen molar-refractivity contribution in [2.75, 3.05) is 0 Å². The molecule has 1 unspecified atom stereocenters. The fourth-order valence-electron chi connectivity index (χ4n) is 2.00. The van der Waals surface area contributed by atoms with Gasteiger partial charge in [-0.25, -0.2) is 18.1 Å². The van der Waals surface area contributed by atoms with Gasteiger partial charge >= 0.3 is 0 Å². The molecule has 7 heteroatoms. The number of H-pyrrole nitrogens is 1. The van der Waals surface area contributed by atoms with Crippen LogP contribution in [0, 0.1) is 0 Å². The zero-order chi connectivity index (χ0) is 15.5. The van der Waals surface area contributed by atoms with Crippen molar-refractivity contribution in [3.05, 3.63) is 46.3 Å². The summed E-state index contributed by atoms with van der Waals surface area (Å²) >= 11 is 3.38. The normalized spacial score (nSPS) is 13.3. The Labute approximate surface area is 133 Å². The van der Waals surface area contributed by atoms with Gasteiger partial charge < -0.3 is 4.98 Å². The maximum absolute atomic E-state index is 12.2. The fourth-order valence-corrected chi connectivity index (χ4v) is 3.45. The van der Waals surface area contributed by atoms with Gasteiger partial charge in [0.05, 0.1) is 6.20 Å². The molecule has 2 N–H and O–H groups in total. The molecular weight excluding hydrogens is 354 g/mol. The van der Waals surface area contributed by atoms with Gasteiger partial charge in [-0.15, -0.1) is 0 Å². The lowest BCUT2D eigenvalue weighted by atomic mass is 10.1. The molecule has 0 aliphatic carbocycles. The highest BCUT2D eigenvalue weighted by atomic mass is 79.9. The highest BCUT2D eigenvalue weighted by molar-refractivity contribution is 9.10. The van der Waals surface area contributed by atoms with Crippen molar-refractivity contribution < 1.29 is 8.42 Å². The molecule has 0 radical (unpaired) electrons. The topological polar surface area (TPSA) is 74.8 Å². The standard InChI is InChI=1S/C14H18BrN3O2S/c1-3-13-16-9-14(17-13)21(19,20)18-10(2)8-11-4-6-12(15)7-5-11/h4-7,9-10,18H,3,8H2,1-2H3,(H,16,17). The second-order valence-corrected chi connectivity index (χ2v) is 7.50. The van der Waals surface area contributed by atoms with Gasteiger partial charge in [-0.2, -0.15) is 0 Å². The third-order valence-electron chi connectivity index (χ3n) is 3.04. The lowest BCUT2D eigenvalue weighted by Gasteiger charge is -2.13. The maximum Gasteiger partial charge on any atom is 0.257 e. The average molecular weight is 372 g/mol. The van der Waals surface area contributed by atoms with Gasteiger partial charge in [0.25, 0.3) is 10.0 Å². The van der Waals surface area contributed by atoms with Crippen LogP contribution in [0.5, 0.6) is 0 Å². The van der Waals surface area contributed by atoms with Gasteiger partial charge in [0, 0.05) is 16.9 Å². The number of rotatable bonds is 6. The van der Waals surface area contributed by atoms with E-state index in [0.717, 1.165) is 10.0 Å². The number of hydrogen-bond donors (Lipinski definition) is 2. The van der Waals surface area contributed by atoms with Crippen molar-refractivity contribution >= 4 is 26.0 Å². The largest absolute Gasteiger partial charge is 0.332 e. The van der Waals surface area contributed by atoms with Crippen LogP contribution in [0.1, 0.15) is 25.2 Å². The van der Waals surface area contributed by atoms with Crippen LogP contribution in [0.4, 0.5) is 0 Å². The van der Waals surface area contributed by atoms with E-state index in [-0.39, 0.29) is 11.1 Å². The van der Waals surface area contributed by atoms with E-state index in [2.05, 4.69) is 30.6 Å². The molecule has 1 aromatic carbocycles. The van der Waals surface area contributed by atoms with Crippen LogP contribution < -0.4 is 4.72 Å². The number of aryl methyl sites for hydroxylation is 1. The molecule has 114 valence electrons. The van der Waals surface area contributed by atoms with Crippen LogP contribution in [0.15, 0.2) is 40.0 Å². The highest BCUT2D eigenvalue weighted by Crippen LogP contribution is 2.13. The van der Waals surface area contributed by atoms with Crippen molar-refractivity contribution in [1.82, 2.24) is 14.7 Å². The van der Waals surface area contributed by atoms with Gasteiger partial charge in [0.15, 0.2) is 5.03 Å². The number of aromatic amines is 1. The van der Waals surface area contributed by atoms with E-state index in [1.165, 1.54) is 6.20 Å². The molecule has 0 bridgehead atoms. The summed E-state index contributed by atoms with van der Waals surface area (Å²) in [5, 5.41) is 0.113. The third-order valence-corrected chi connectivity index (χ3v) is 5.07. The molecule has 0 spiro atoms. The minimum absolute atomic E-state index is 0.113. The van der Waals surface area contributed by atoms with Gasteiger partial charge in [-0.3, -0.25) is 0 Å². The van der Waals surface area contributed by atoms with E-state index in [4.69, 9.17) is 0 Å². The number of hydrogen-bond acceptors (Lipinski definition) is 3. The van der Waals surface area contributed by atoms with Gasteiger partial charge in [-0.1, -0.05) is 35.0 Å². The molecule has 21 heavy (non-hydrogen) atoms. The van der Waals surface area contributed by atoms with E-state index in [1.54, 1.807) is 0 Å². The first-order chi connectivity index (χ1) is 9.90. The summed E-state index contributed by atoms with van der Waals surface area (Å²) in [4.78, 5) is 6.83. The van der Waals surface area contributed by atoms with Crippen LogP contribution in [-0.4, -0.2) is 24.4 Å². The smallest absolute Gasteiger partial charge is 0.257 e. The number of sulfonamides is 1. The summed E-state index contributed by atoms with van der Waals surface area (Å²) in [6.45, 7) is 3.76. The first-order valence-corrected chi connectivity index (χ1v) is 8.99. The van der Waals surface area contributed by atoms with E-state index < -0.39 is 10.0 Å². The molecule has 2 aromatic rings. The lowest BCUT2D eigenvalue weighted by molar-refractivity contribution is 0.556. The van der Waals surface area contributed by atoms with E-state index in [1.807, 2.05) is 38.1 Å². The second kappa shape index (κ2) is 6.72. The van der Waals surface area contributed by atoms with Crippen molar-refractivity contribution in [2.24, 2.45) is 0 Å². The third kappa shape index (κ3) is 4.39. The zero-order valence-electron chi connectivity index (χ0n) is 11.9. The van der Waals surface area contributed by atoms with E-state index >= 15 is 0 Å². The Morgan fingerprint density at radius 1 is 1.33 bits per heavy atom. The summed E-state index contributed by atoms with van der Waals surface area (Å²) in [6, 6.07) is 7.63. The Balaban J connectivity index is 2.03. The molecular formula is C14H18BrN3O2S. The molecule has 1 aromatic heterocycles. The molecule has 1 atom stereocenters. The van der Waals surface area contributed by atoms with Crippen molar-refractivity contribution in [2.45, 2.75) is 37.8 Å². The monoisotopic (exact) mass is 371 g/mol. The molecule has 0 fully saturated rings. The van der Waals surface area contributed by atoms with Crippen LogP contribution in [0.25, 0.3) is 0 Å². The minimum atomic E-state index is -3.55. The second-order valence-electron chi connectivity index (χ2n) is 4.90. The Bertz CT molecular complexity index is 695. The fraction of sp³-hybridized carbons (Fsp3) is 0.357. The van der Waals surface area contributed by atoms with E-state index in [9.17, 15) is 8.42 Å². The average Bonchev–Trinajstić information content (AvgIpc) is 2.90. The molecule has 0 saturated carbocycles. The van der Waals surface area contributed by atoms with Gasteiger partial charge in [0.2, 0.25) is 0 Å². The first kappa shape index (κ1) is 16.2. The maximum atomic E-state index is 12.2. The number of halogens is 1. The predicted octanol–water partition coefficient (Wildman–Crippen LogP) is 2.64. The van der Waals surface area contributed by atoms with Crippen molar-refractivity contribution in [3.8, 4) is 0 Å². The SMILES string of the molecule is CCc1ncc(S(=O)(=O)NC(C)Cc2ccc(Br)cc2)[nH]1. The molecule has 0 aliphatic rings. The van der Waals surface area contributed by atoms with Crippen LogP contribution in [0.2, 0.25) is 0 Å². The number of nitrogens with one attached hydrogen (secondary N) is 2. The molecule has 0 amide bonds. The molecule has 0 saturated heterocycles. The van der Waals surface area contributed by atoms with Crippen LogP contribution in [0.3, 0.4) is 0 Å². The number of nitrogens with zero attached hydrogens (tertiary/aromatic N) is 1. The van der Waals surface area contributed by atoms with Gasteiger partial charge in [-0.05, 0) is 31.0 Å². The minimum Gasteiger partial charge on any atom is -0.332 e. The molecule has 0 aliphatic heterocycles. The lowest BCUT2D eigenvalue weighted by Crippen LogP contribution is -2.34. The quantitative estimate of drug-likeness (QED) is 0.819. The molecule has 5 nitrogen and oxygen atoms in total. The van der Waals surface area contributed by atoms with Crippen LogP contribution >= 0.6 is 15.9 Å². The summed E-state index contributed by atoms with van der Waals surface area (Å²) in [5.74, 6) is 0.663. The predicted molar refractivity (Wildman–Crippen MR) is 85.6 cm³/mol. The number of imidazole rings is 1.